The zero-order valence-electron chi connectivity index (χ0n) is 36.7. The van der Waals surface area contributed by atoms with E-state index in [-0.39, 0.29) is 46.8 Å². The maximum atomic E-state index is 14.9. The highest BCUT2D eigenvalue weighted by Gasteiger charge is 2.68. The first kappa shape index (κ1) is 41.3. The molecule has 5 aliphatic carbocycles. The van der Waals surface area contributed by atoms with Crippen molar-refractivity contribution in [2.75, 3.05) is 20.6 Å². The second kappa shape index (κ2) is 16.7. The summed E-state index contributed by atoms with van der Waals surface area (Å²) in [6, 6.07) is 24.7. The molecule has 4 N–H and O–H groups in total. The van der Waals surface area contributed by atoms with Gasteiger partial charge in [-0.3, -0.25) is 0 Å². The zero-order chi connectivity index (χ0) is 42.6. The molecule has 0 amide bonds. The highest BCUT2D eigenvalue weighted by atomic mass is 16.5. The fourth-order valence-electron chi connectivity index (χ4n) is 13.6. The van der Waals surface area contributed by atoms with Crippen LogP contribution in [0.1, 0.15) is 101 Å². The number of hydrogen-bond acceptors (Lipinski definition) is 8. The summed E-state index contributed by atoms with van der Waals surface area (Å²) < 4.78 is 13.1. The van der Waals surface area contributed by atoms with Crippen molar-refractivity contribution in [3.05, 3.63) is 130 Å². The lowest BCUT2D eigenvalue weighted by molar-refractivity contribution is -0.135. The maximum absolute atomic E-state index is 14.9. The molecule has 3 aliphatic heterocycles. The lowest BCUT2D eigenvalue weighted by atomic mass is 9.44. The minimum atomic E-state index is -0.827. The number of aromatic hydroxyl groups is 1. The molecule has 8 heteroatoms. The van der Waals surface area contributed by atoms with Gasteiger partial charge < -0.3 is 30.5 Å². The molecule has 324 valence electrons. The van der Waals surface area contributed by atoms with Crippen molar-refractivity contribution in [3.8, 4) is 16.9 Å². The molecule has 3 aromatic rings. The first-order chi connectivity index (χ1) is 30.3. The first-order valence-electron chi connectivity index (χ1n) is 23.6. The molecule has 7 atom stereocenters. The molecule has 2 saturated heterocycles. The number of hydrogen-bond donors (Lipinski definition) is 4. The Morgan fingerprint density at radius 2 is 1.71 bits per heavy atom. The normalized spacial score (nSPS) is 30.4. The topological polar surface area (TPSA) is 109 Å². The first-order valence-corrected chi connectivity index (χ1v) is 23.6. The average molecular weight is 834 g/mol. The lowest BCUT2D eigenvalue weighted by Crippen LogP contribution is -2.52. The number of cyclic esters (lactones) is 2. The molecule has 4 fully saturated rings. The van der Waals surface area contributed by atoms with Crippen LogP contribution >= 0.6 is 0 Å². The van der Waals surface area contributed by atoms with Gasteiger partial charge in [0.2, 0.25) is 0 Å². The summed E-state index contributed by atoms with van der Waals surface area (Å²) in [7, 11) is 4.00. The number of phenolic OH excluding ortho intramolecular Hbond substituents is 1. The van der Waals surface area contributed by atoms with E-state index in [2.05, 4.69) is 90.6 Å². The van der Waals surface area contributed by atoms with Crippen molar-refractivity contribution in [2.24, 2.45) is 40.4 Å². The Morgan fingerprint density at radius 1 is 0.887 bits per heavy atom. The molecular weight excluding hydrogens is 771 g/mol. The van der Waals surface area contributed by atoms with Crippen LogP contribution in [0, 0.1) is 40.4 Å². The van der Waals surface area contributed by atoms with Crippen LogP contribution in [0.4, 0.5) is 0 Å². The molecule has 62 heavy (non-hydrogen) atoms. The molecule has 2 bridgehead atoms. The summed E-state index contributed by atoms with van der Waals surface area (Å²) in [6.07, 6.45) is 18.0. The molecule has 0 unspecified atom stereocenters. The zero-order valence-corrected chi connectivity index (χ0v) is 36.7. The van der Waals surface area contributed by atoms with Crippen molar-refractivity contribution in [2.45, 2.75) is 103 Å². The number of rotatable bonds is 12. The van der Waals surface area contributed by atoms with Crippen molar-refractivity contribution < 1.29 is 24.2 Å². The predicted octanol–water partition coefficient (Wildman–Crippen LogP) is 9.91. The molecule has 3 aromatic carbocycles. The molecule has 2 saturated carbocycles. The number of benzene rings is 3. The largest absolute Gasteiger partial charge is 0.508 e. The summed E-state index contributed by atoms with van der Waals surface area (Å²) in [5.74, 6) is 1.69. The Hall–Kier alpha value is -4.76. The van der Waals surface area contributed by atoms with E-state index in [9.17, 15) is 14.7 Å². The van der Waals surface area contributed by atoms with Gasteiger partial charge in [-0.05, 0) is 184 Å². The average Bonchev–Trinajstić information content (AvgIpc) is 4.00. The standard InChI is InChI=1S/C54H63N3O5/c1-4-33(27-34-11-6-5-7-12-34)29-45-54-25-19-40(47(50(54)52(60)62-45)43-31-38(58)15-16-39(43)36-14-10-13-35(28-36)32-55-2)41-17-18-42-44(61-51(59)48(42)49(41)54)20-24-53(22-8-9-23-53)37-21-26-57-46(30-37)56-3/h5-7,10-16,20,28-29,31,33,37,40-41,46,49,55-58H,4,8-9,17-19,21-27,30,32H2,1-3H3/b44-20?,45-29-/t33-,37+,40+,41-,46-,49+,54+/m0/s1. The van der Waals surface area contributed by atoms with Gasteiger partial charge in [0.05, 0.1) is 17.2 Å². The molecule has 0 aromatic heterocycles. The van der Waals surface area contributed by atoms with Crippen molar-refractivity contribution in [1.82, 2.24) is 16.0 Å². The van der Waals surface area contributed by atoms with Gasteiger partial charge in [-0.2, -0.15) is 0 Å². The fraction of sp³-hybridized carbons (Fsp3) is 0.481. The number of esters is 2. The monoisotopic (exact) mass is 833 g/mol. The van der Waals surface area contributed by atoms with E-state index in [0.717, 1.165) is 109 Å². The van der Waals surface area contributed by atoms with Gasteiger partial charge in [-0.1, -0.05) is 74.4 Å². The number of nitrogens with one attached hydrogen (secondary N) is 3. The Bertz CT molecular complexity index is 2370. The fourth-order valence-corrected chi connectivity index (χ4v) is 13.6. The summed E-state index contributed by atoms with van der Waals surface area (Å²) >= 11 is 0. The number of phenols is 1. The van der Waals surface area contributed by atoms with E-state index in [0.29, 0.717) is 23.4 Å². The van der Waals surface area contributed by atoms with E-state index in [1.807, 2.05) is 25.2 Å². The Kier molecular flexibility index (Phi) is 11.1. The third kappa shape index (κ3) is 6.92. The molecule has 0 radical (unpaired) electrons. The van der Waals surface area contributed by atoms with Crippen LogP contribution in [0.25, 0.3) is 16.7 Å². The van der Waals surface area contributed by atoms with Gasteiger partial charge in [0, 0.05) is 23.6 Å². The highest BCUT2D eigenvalue weighted by molar-refractivity contribution is 6.07. The summed E-state index contributed by atoms with van der Waals surface area (Å²) in [6.45, 7) is 3.96. The molecule has 3 heterocycles. The van der Waals surface area contributed by atoms with Gasteiger partial charge in [0.25, 0.3) is 0 Å². The van der Waals surface area contributed by atoms with Gasteiger partial charge in [0.1, 0.15) is 17.3 Å². The predicted molar refractivity (Wildman–Crippen MR) is 243 cm³/mol. The number of carbonyl (C=O) groups is 2. The van der Waals surface area contributed by atoms with Crippen LogP contribution in [0.15, 0.2) is 113 Å². The second-order valence-electron chi connectivity index (χ2n) is 19.5. The number of fused-ring (bicyclic) bond motifs is 1. The van der Waals surface area contributed by atoms with Crippen LogP contribution in [0.5, 0.6) is 5.75 Å². The van der Waals surface area contributed by atoms with E-state index in [1.54, 1.807) is 6.07 Å². The number of carbonyl (C=O) groups excluding carboxylic acids is 2. The number of ether oxygens (including phenoxy) is 2. The quantitative estimate of drug-likeness (QED) is 0.134. The molecule has 8 nitrogen and oxygen atoms in total. The van der Waals surface area contributed by atoms with Crippen molar-refractivity contribution >= 4 is 17.5 Å². The summed E-state index contributed by atoms with van der Waals surface area (Å²) in [4.78, 5) is 29.6. The lowest BCUT2D eigenvalue weighted by Gasteiger charge is -2.56. The van der Waals surface area contributed by atoms with Gasteiger partial charge in [-0.15, -0.1) is 0 Å². The van der Waals surface area contributed by atoms with Gasteiger partial charge in [0.15, 0.2) is 0 Å². The molecule has 8 aliphatic rings. The smallest absolute Gasteiger partial charge is 0.340 e. The van der Waals surface area contributed by atoms with Crippen molar-refractivity contribution in [1.29, 1.82) is 0 Å². The second-order valence-corrected chi connectivity index (χ2v) is 19.5. The minimum absolute atomic E-state index is 0.00720. The minimum Gasteiger partial charge on any atom is -0.508 e. The van der Waals surface area contributed by atoms with Crippen LogP contribution in [0.2, 0.25) is 0 Å². The van der Waals surface area contributed by atoms with E-state index in [1.165, 1.54) is 37.7 Å². The van der Waals surface area contributed by atoms with Gasteiger partial charge in [-0.25, -0.2) is 9.59 Å². The highest BCUT2D eigenvalue weighted by Crippen LogP contribution is 2.72. The van der Waals surface area contributed by atoms with E-state index in [4.69, 9.17) is 9.47 Å². The third-order valence-electron chi connectivity index (χ3n) is 16.4. The van der Waals surface area contributed by atoms with Crippen LogP contribution in [-0.2, 0) is 32.0 Å². The van der Waals surface area contributed by atoms with Crippen LogP contribution in [-0.4, -0.2) is 43.9 Å². The van der Waals surface area contributed by atoms with Crippen molar-refractivity contribution in [3.63, 3.8) is 0 Å². The van der Waals surface area contributed by atoms with Gasteiger partial charge >= 0.3 is 11.9 Å². The SMILES string of the molecule is CC[C@H](/C=C1\OC(=O)C2=C(c3cc(O)ccc3-c3cccc(CNC)c3)[C@@H]3CC[C@@]21[C@H]1C2=C(CC[C@@H]31)C(=CCC1([C@@H]3CCN[C@H](NC)C3)CCCC1)OC2=O)Cc1ccccc1. The Morgan fingerprint density at radius 3 is 2.50 bits per heavy atom. The third-order valence-corrected chi connectivity index (χ3v) is 16.4. The summed E-state index contributed by atoms with van der Waals surface area (Å²) in [5.41, 5.74) is 8.21. The molecule has 11 rings (SSSR count). The molecule has 1 spiro atoms. The van der Waals surface area contributed by atoms with E-state index >= 15 is 0 Å². The number of allylic oxidation sites excluding steroid dienone is 5. The molecular formula is C54H63N3O5. The Labute approximate surface area is 367 Å². The maximum Gasteiger partial charge on any atom is 0.340 e. The van der Waals surface area contributed by atoms with Crippen LogP contribution in [0.3, 0.4) is 0 Å². The van der Waals surface area contributed by atoms with E-state index < -0.39 is 5.41 Å². The number of piperidine rings is 1. The van der Waals surface area contributed by atoms with Crippen LogP contribution < -0.4 is 16.0 Å². The Balaban J connectivity index is 1.12. The summed E-state index contributed by atoms with van der Waals surface area (Å²) in [5, 5.41) is 21.6.